The number of phenols is 2. The smallest absolute Gasteiger partial charge is 0.201 e. The maximum absolute atomic E-state index is 14.2. The van der Waals surface area contributed by atoms with Crippen molar-refractivity contribution in [1.82, 2.24) is 0 Å². The van der Waals surface area contributed by atoms with Crippen molar-refractivity contribution < 1.29 is 49.0 Å². The van der Waals surface area contributed by atoms with E-state index in [9.17, 15) is 34.8 Å². The minimum atomic E-state index is -1.97. The van der Waals surface area contributed by atoms with Crippen molar-refractivity contribution in [3.8, 4) is 17.2 Å². The summed E-state index contributed by atoms with van der Waals surface area (Å²) in [6, 6.07) is 4.07. The molecule has 13 heteroatoms. The molecule has 6 N–H and O–H groups in total. The number of unbranched alkanes of at least 4 members (excludes halogenated alkanes) is 4. The summed E-state index contributed by atoms with van der Waals surface area (Å²) in [4.78, 5) is 39.5. The minimum absolute atomic E-state index is 0. The number of ether oxygens (including phenoxy) is 3. The fourth-order valence-corrected chi connectivity index (χ4v) is 7.13. The van der Waals surface area contributed by atoms with Gasteiger partial charge < -0.3 is 40.4 Å². The molecule has 2 aromatic rings. The highest BCUT2D eigenvalue weighted by molar-refractivity contribution is 7.81. The van der Waals surface area contributed by atoms with E-state index in [2.05, 4.69) is 6.92 Å². The van der Waals surface area contributed by atoms with Crippen LogP contribution in [-0.4, -0.2) is 79.4 Å². The molecule has 0 spiro atoms. The molecule has 0 aromatic heterocycles. The van der Waals surface area contributed by atoms with Crippen LogP contribution in [-0.2, 0) is 25.5 Å². The van der Waals surface area contributed by atoms with Gasteiger partial charge in [-0.25, -0.2) is 0 Å². The van der Waals surface area contributed by atoms with E-state index in [4.69, 9.17) is 32.2 Å². The number of nitrogens with two attached hydrogens (primary N) is 1. The van der Waals surface area contributed by atoms with E-state index in [1.54, 1.807) is 25.1 Å². The van der Waals surface area contributed by atoms with Gasteiger partial charge >= 0.3 is 0 Å². The lowest BCUT2D eigenvalue weighted by molar-refractivity contribution is -0.247. The molecule has 1 fully saturated rings. The van der Waals surface area contributed by atoms with Gasteiger partial charge in [-0.2, -0.15) is 0 Å². The molecule has 262 valence electrons. The maximum Gasteiger partial charge on any atom is 0.201 e. The average Bonchev–Trinajstić information content (AvgIpc) is 3.02. The molecule has 0 amide bonds. The number of rotatable bonds is 12. The lowest BCUT2D eigenvalue weighted by Crippen LogP contribution is -2.52. The van der Waals surface area contributed by atoms with Gasteiger partial charge in [0.05, 0.1) is 39.9 Å². The van der Waals surface area contributed by atoms with Gasteiger partial charge in [0.2, 0.25) is 5.78 Å². The van der Waals surface area contributed by atoms with Gasteiger partial charge in [-0.05, 0) is 26.3 Å². The molecule has 5 rings (SSSR count). The second-order valence-electron chi connectivity index (χ2n) is 12.9. The molecule has 4 unspecified atom stereocenters. The Balaban J connectivity index is 0.00000520. The first-order valence-electron chi connectivity index (χ1n) is 16.2. The number of carbonyl (C=O) groups is 3. The highest BCUT2D eigenvalue weighted by Gasteiger charge is 2.49. The topological polar surface area (TPSA) is 186 Å². The van der Waals surface area contributed by atoms with E-state index in [0.29, 0.717) is 6.42 Å². The van der Waals surface area contributed by atoms with Crippen LogP contribution >= 0.6 is 24.6 Å². The summed E-state index contributed by atoms with van der Waals surface area (Å²) < 4.78 is 17.8. The van der Waals surface area contributed by atoms with Crippen LogP contribution < -0.4 is 10.5 Å². The molecule has 1 aliphatic heterocycles. The van der Waals surface area contributed by atoms with Gasteiger partial charge in [-0.3, -0.25) is 14.4 Å². The Morgan fingerprint density at radius 1 is 1.10 bits per heavy atom. The fraction of sp³-hybridized carbons (Fsp3) is 0.543. The van der Waals surface area contributed by atoms with Crippen LogP contribution in [0.4, 0.5) is 0 Å². The lowest BCUT2D eigenvalue weighted by Gasteiger charge is -2.42. The van der Waals surface area contributed by atoms with Crippen LogP contribution in [0.5, 0.6) is 17.2 Å². The molecule has 11 nitrogen and oxygen atoms in total. The van der Waals surface area contributed by atoms with Crippen molar-refractivity contribution in [3.05, 3.63) is 51.6 Å². The third-order valence-corrected chi connectivity index (χ3v) is 9.95. The Labute approximate surface area is 291 Å². The fourth-order valence-electron chi connectivity index (χ4n) is 6.77. The normalized spacial score (nSPS) is 26.2. The summed E-state index contributed by atoms with van der Waals surface area (Å²) in [6.45, 7) is 4.72. The second-order valence-corrected chi connectivity index (χ2v) is 13.3. The number of aliphatic hydroxyl groups is 2. The van der Waals surface area contributed by atoms with Crippen LogP contribution in [0, 0.1) is 0 Å². The Bertz CT molecular complexity index is 1590. The van der Waals surface area contributed by atoms with E-state index in [1.165, 1.54) is 6.92 Å². The zero-order valence-corrected chi connectivity index (χ0v) is 29.0. The van der Waals surface area contributed by atoms with Crippen molar-refractivity contribution >= 4 is 46.8 Å². The number of carbonyl (C=O) groups excluding carboxylic acids is 3. The lowest BCUT2D eigenvalue weighted by atomic mass is 9.72. The predicted molar refractivity (Wildman–Crippen MR) is 182 cm³/mol. The first-order valence-corrected chi connectivity index (χ1v) is 16.6. The van der Waals surface area contributed by atoms with Crippen molar-refractivity contribution in [1.29, 1.82) is 0 Å². The number of aliphatic hydroxyl groups excluding tert-OH is 1. The molecule has 2 aliphatic carbocycles. The Hall–Kier alpha value is -2.97. The molecule has 0 bridgehead atoms. The van der Waals surface area contributed by atoms with Gasteiger partial charge in [-0.1, -0.05) is 57.0 Å². The number of hydrogen-bond acceptors (Lipinski definition) is 12. The van der Waals surface area contributed by atoms with Gasteiger partial charge in [0.15, 0.2) is 17.9 Å². The third kappa shape index (κ3) is 7.16. The van der Waals surface area contributed by atoms with E-state index in [0.717, 1.165) is 32.1 Å². The molecular formula is C35H44ClNO10S. The number of hydrogen-bond donors (Lipinski definition) is 5. The number of halogens is 1. The third-order valence-electron chi connectivity index (χ3n) is 9.53. The highest BCUT2D eigenvalue weighted by atomic mass is 35.5. The van der Waals surface area contributed by atoms with Crippen molar-refractivity contribution in [2.24, 2.45) is 5.73 Å². The highest BCUT2D eigenvalue weighted by Crippen LogP contribution is 2.52. The van der Waals surface area contributed by atoms with E-state index >= 15 is 0 Å². The molecule has 0 saturated carbocycles. The molecule has 6 atom stereocenters. The monoisotopic (exact) mass is 705 g/mol. The minimum Gasteiger partial charge on any atom is -0.507 e. The van der Waals surface area contributed by atoms with Gasteiger partial charge in [0, 0.05) is 48.4 Å². The summed E-state index contributed by atoms with van der Waals surface area (Å²) >= 11 is 5.75. The molecule has 48 heavy (non-hydrogen) atoms. The average molecular weight is 706 g/mol. The number of phenolic OH excluding ortho intramolecular Hbond substituents is 2. The van der Waals surface area contributed by atoms with E-state index in [-0.39, 0.29) is 88.1 Å². The van der Waals surface area contributed by atoms with Gasteiger partial charge in [-0.15, -0.1) is 12.4 Å². The maximum atomic E-state index is 14.2. The van der Waals surface area contributed by atoms with Crippen molar-refractivity contribution in [3.63, 3.8) is 0 Å². The van der Waals surface area contributed by atoms with Crippen molar-refractivity contribution in [2.45, 2.75) is 115 Å². The Kier molecular flexibility index (Phi) is 12.1. The first kappa shape index (κ1) is 37.8. The molecule has 1 heterocycles. The van der Waals surface area contributed by atoms with Crippen LogP contribution in [0.1, 0.15) is 116 Å². The summed E-state index contributed by atoms with van der Waals surface area (Å²) in [5, 5.41) is 45.1. The van der Waals surface area contributed by atoms with E-state index < -0.39 is 59.3 Å². The first-order chi connectivity index (χ1) is 22.3. The summed E-state index contributed by atoms with van der Waals surface area (Å²) in [5.74, 6) is -2.23. The summed E-state index contributed by atoms with van der Waals surface area (Å²) in [7, 11) is 0. The predicted octanol–water partition coefficient (Wildman–Crippen LogP) is 4.29. The Morgan fingerprint density at radius 2 is 1.81 bits per heavy atom. The Morgan fingerprint density at radius 3 is 2.48 bits per heavy atom. The number of Topliss-reactive ketones (excluding diaryl/α,β-unsaturated/α-hetero) is 2. The SMILES string of the molecule is CCCCCCCC(=O)COc1cccc2c1C(=O)c1c(O)c3c(c(O)c1C2=S)C[C@@](O)(C(C)=O)C[C@@H]3OC1CC(N)C(O)C(C)O1.Cl. The quantitative estimate of drug-likeness (QED) is 0.102. The number of aromatic hydroxyl groups is 2. The van der Waals surface area contributed by atoms with Gasteiger partial charge in [0.1, 0.15) is 29.5 Å². The van der Waals surface area contributed by atoms with Crippen LogP contribution in [0.25, 0.3) is 0 Å². The number of thiocarbonyl (C=S) groups is 1. The largest absolute Gasteiger partial charge is 0.507 e. The van der Waals surface area contributed by atoms with Crippen molar-refractivity contribution in [2.75, 3.05) is 6.61 Å². The number of fused-ring (bicyclic) bond motifs is 3. The zero-order chi connectivity index (χ0) is 34.2. The van der Waals surface area contributed by atoms with Crippen LogP contribution in [0.3, 0.4) is 0 Å². The molecular weight excluding hydrogens is 662 g/mol. The van der Waals surface area contributed by atoms with Crippen LogP contribution in [0.2, 0.25) is 0 Å². The molecule has 3 aliphatic rings. The second kappa shape index (κ2) is 15.3. The number of ketones is 3. The van der Waals surface area contributed by atoms with E-state index in [1.807, 2.05) is 0 Å². The summed E-state index contributed by atoms with van der Waals surface area (Å²) in [6.07, 6.45) is 0.907. The molecule has 0 radical (unpaired) electrons. The molecule has 2 aromatic carbocycles. The number of benzene rings is 2. The summed E-state index contributed by atoms with van der Waals surface area (Å²) in [5.41, 5.74) is 4.09. The van der Waals surface area contributed by atoms with Gasteiger partial charge in [0.25, 0.3) is 0 Å². The molecule has 1 saturated heterocycles. The van der Waals surface area contributed by atoms with Crippen LogP contribution in [0.15, 0.2) is 18.2 Å². The standard InChI is InChI=1S/C35H43NO10S.ClH/c1-4-5-6-7-8-10-19(38)16-44-23-12-9-11-20-26(23)32(41)28-29(34(20)47)31(40)21-14-35(43,18(3)37)15-24(27(21)33(28)42)46-25-13-22(36)30(39)17(2)45-25;/h9,11-12,17,22,24-25,30,39-40,42-43H,4-8,10,13-16,36H2,1-3H3;1H/t17?,22?,24-,25?,30?,35-;/m0./s1. The zero-order valence-electron chi connectivity index (χ0n) is 27.3.